The zero-order chi connectivity index (χ0) is 24.3. The van der Waals surface area contributed by atoms with Crippen molar-refractivity contribution in [2.24, 2.45) is 0 Å². The Balaban J connectivity index is 1.40. The van der Waals surface area contributed by atoms with Crippen molar-refractivity contribution in [3.8, 4) is 0 Å². The molecule has 0 saturated carbocycles. The number of carbonyl (C=O) groups excluding carboxylic acids is 2. The molecular formula is C22H22N4O7S. The summed E-state index contributed by atoms with van der Waals surface area (Å²) >= 11 is 0. The molecule has 1 aliphatic rings. The van der Waals surface area contributed by atoms with Gasteiger partial charge in [0.25, 0.3) is 5.56 Å². The lowest BCUT2D eigenvalue weighted by Crippen LogP contribution is -2.49. The first kappa shape index (κ1) is 23.4. The molecule has 1 saturated heterocycles. The number of nitrogens with one attached hydrogen (secondary N) is 2. The minimum atomic E-state index is -3.95. The molecule has 2 aromatic carbocycles. The normalized spacial score (nSPS) is 14.6. The monoisotopic (exact) mass is 486 g/mol. The number of hydrogen-bond acceptors (Lipinski definition) is 7. The molecule has 2 N–H and O–H groups in total. The molecule has 1 amide bonds. The number of sulfonamides is 1. The van der Waals surface area contributed by atoms with Crippen molar-refractivity contribution in [2.75, 3.05) is 26.2 Å². The number of ether oxygens (including phenoxy) is 1. The number of rotatable bonds is 7. The number of piperazine rings is 1. The van der Waals surface area contributed by atoms with Gasteiger partial charge in [0.15, 0.2) is 0 Å². The number of fused-ring (bicyclic) bond motifs is 1. The number of para-hydroxylation sites is 1. The fourth-order valence-electron chi connectivity index (χ4n) is 3.63. The van der Waals surface area contributed by atoms with Crippen LogP contribution in [0.1, 0.15) is 16.8 Å². The first-order chi connectivity index (χ1) is 16.3. The maximum atomic E-state index is 12.8. The third kappa shape index (κ3) is 4.77. The molecule has 0 aliphatic carbocycles. The smallest absolute Gasteiger partial charge is 0.338 e. The number of carbonyl (C=O) groups is 2. The van der Waals surface area contributed by atoms with Gasteiger partial charge >= 0.3 is 11.7 Å². The van der Waals surface area contributed by atoms with E-state index in [2.05, 4.69) is 10.3 Å². The van der Waals surface area contributed by atoms with E-state index in [0.29, 0.717) is 10.9 Å². The lowest BCUT2D eigenvalue weighted by atomic mass is 10.2. The zero-order valence-corrected chi connectivity index (χ0v) is 18.8. The number of benzene rings is 2. The number of hydrogen-bond donors (Lipinski definition) is 2. The first-order valence-electron chi connectivity index (χ1n) is 10.5. The van der Waals surface area contributed by atoms with Gasteiger partial charge in [0.05, 0.1) is 34.5 Å². The highest BCUT2D eigenvalue weighted by atomic mass is 32.2. The molecular weight excluding hydrogens is 464 g/mol. The number of nitrogens with zero attached hydrogens (tertiary/aromatic N) is 2. The summed E-state index contributed by atoms with van der Waals surface area (Å²) in [7, 11) is -3.95. The van der Waals surface area contributed by atoms with Gasteiger partial charge in [-0.2, -0.15) is 4.31 Å². The van der Waals surface area contributed by atoms with Gasteiger partial charge in [0.2, 0.25) is 15.9 Å². The maximum Gasteiger partial charge on any atom is 0.338 e. The van der Waals surface area contributed by atoms with Crippen LogP contribution in [0.4, 0.5) is 0 Å². The van der Waals surface area contributed by atoms with E-state index in [1.54, 1.807) is 24.3 Å². The van der Waals surface area contributed by atoms with E-state index in [1.165, 1.54) is 24.3 Å². The molecule has 12 heteroatoms. The van der Waals surface area contributed by atoms with Crippen LogP contribution in [-0.4, -0.2) is 60.4 Å². The van der Waals surface area contributed by atoms with Crippen LogP contribution < -0.4 is 16.6 Å². The molecule has 1 fully saturated rings. The summed E-state index contributed by atoms with van der Waals surface area (Å²) in [5, 5.41) is 2.94. The molecule has 0 radical (unpaired) electrons. The predicted octanol–water partition coefficient (Wildman–Crippen LogP) is 0.0574. The van der Waals surface area contributed by atoms with Crippen molar-refractivity contribution in [1.29, 1.82) is 0 Å². The minimum absolute atomic E-state index is 0.0308. The zero-order valence-electron chi connectivity index (χ0n) is 18.0. The van der Waals surface area contributed by atoms with Crippen LogP contribution in [0.2, 0.25) is 0 Å². The third-order valence-corrected chi connectivity index (χ3v) is 7.20. The number of esters is 1. The number of H-pyrrole nitrogens is 1. The Kier molecular flexibility index (Phi) is 6.61. The second kappa shape index (κ2) is 9.61. The molecule has 0 bridgehead atoms. The first-order valence-corrected chi connectivity index (χ1v) is 12.0. The molecule has 0 unspecified atom stereocenters. The van der Waals surface area contributed by atoms with Crippen molar-refractivity contribution >= 4 is 32.8 Å². The number of aromatic nitrogens is 2. The summed E-state index contributed by atoms with van der Waals surface area (Å²) in [6, 6.07) is 12.0. The van der Waals surface area contributed by atoms with Crippen LogP contribution in [0.5, 0.6) is 0 Å². The summed E-state index contributed by atoms with van der Waals surface area (Å²) in [4.78, 5) is 51.2. The Morgan fingerprint density at radius 3 is 2.65 bits per heavy atom. The van der Waals surface area contributed by atoms with Crippen LogP contribution in [0, 0.1) is 0 Å². The molecule has 1 aromatic heterocycles. The summed E-state index contributed by atoms with van der Waals surface area (Å²) in [5.74, 6) is -1.14. The third-order valence-electron chi connectivity index (χ3n) is 5.36. The SMILES string of the molecule is O=C1CN(S(=O)(=O)c2cccc(C(=O)OCCCn3c(=O)[nH]c4ccccc4c3=O)c2)CCN1. The summed E-state index contributed by atoms with van der Waals surface area (Å²) < 4.78 is 32.9. The van der Waals surface area contributed by atoms with Crippen molar-refractivity contribution in [1.82, 2.24) is 19.2 Å². The quantitative estimate of drug-likeness (QED) is 0.354. The van der Waals surface area contributed by atoms with Gasteiger partial charge in [0, 0.05) is 19.6 Å². The molecule has 0 spiro atoms. The second-order valence-corrected chi connectivity index (χ2v) is 9.58. The van der Waals surface area contributed by atoms with E-state index >= 15 is 0 Å². The summed E-state index contributed by atoms with van der Waals surface area (Å²) in [6.07, 6.45) is 0.202. The van der Waals surface area contributed by atoms with Crippen molar-refractivity contribution < 1.29 is 22.7 Å². The summed E-state index contributed by atoms with van der Waals surface area (Å²) in [6.45, 7) is 0.0156. The standard InChI is InChI=1S/C22H22N4O7S/c27-19-14-25(11-9-23-19)34(31,32)16-6-3-5-15(13-16)21(29)33-12-4-10-26-20(28)17-7-1-2-8-18(17)24-22(26)30/h1-3,5-8,13H,4,9-12,14H2,(H,23,27)(H,24,30). The fourth-order valence-corrected chi connectivity index (χ4v) is 5.07. The molecule has 2 heterocycles. The van der Waals surface area contributed by atoms with Crippen LogP contribution in [-0.2, 0) is 26.1 Å². The van der Waals surface area contributed by atoms with Gasteiger partial charge in [-0.1, -0.05) is 18.2 Å². The van der Waals surface area contributed by atoms with Gasteiger partial charge in [0.1, 0.15) is 0 Å². The maximum absolute atomic E-state index is 12.8. The predicted molar refractivity (Wildman–Crippen MR) is 122 cm³/mol. The molecule has 34 heavy (non-hydrogen) atoms. The van der Waals surface area contributed by atoms with Gasteiger partial charge in [-0.05, 0) is 36.8 Å². The van der Waals surface area contributed by atoms with E-state index in [4.69, 9.17) is 4.74 Å². The average Bonchev–Trinajstić information content (AvgIpc) is 2.83. The van der Waals surface area contributed by atoms with Gasteiger partial charge < -0.3 is 15.0 Å². The van der Waals surface area contributed by atoms with Crippen LogP contribution in [0.25, 0.3) is 10.9 Å². The topological polar surface area (TPSA) is 148 Å². The van der Waals surface area contributed by atoms with Gasteiger partial charge in [-0.25, -0.2) is 18.0 Å². The van der Waals surface area contributed by atoms with Crippen molar-refractivity contribution in [3.63, 3.8) is 0 Å². The highest BCUT2D eigenvalue weighted by Gasteiger charge is 2.29. The van der Waals surface area contributed by atoms with Crippen LogP contribution in [0.3, 0.4) is 0 Å². The number of aromatic amines is 1. The van der Waals surface area contributed by atoms with E-state index in [0.717, 1.165) is 8.87 Å². The van der Waals surface area contributed by atoms with E-state index in [1.807, 2.05) is 0 Å². The summed E-state index contributed by atoms with van der Waals surface area (Å²) in [5.41, 5.74) is -0.516. The van der Waals surface area contributed by atoms with Gasteiger partial charge in [-0.15, -0.1) is 0 Å². The highest BCUT2D eigenvalue weighted by molar-refractivity contribution is 7.89. The molecule has 0 atom stereocenters. The van der Waals surface area contributed by atoms with Gasteiger partial charge in [-0.3, -0.25) is 14.2 Å². The van der Waals surface area contributed by atoms with E-state index in [9.17, 15) is 27.6 Å². The minimum Gasteiger partial charge on any atom is -0.462 e. The van der Waals surface area contributed by atoms with Crippen LogP contribution >= 0.6 is 0 Å². The number of amides is 1. The van der Waals surface area contributed by atoms with Crippen molar-refractivity contribution in [2.45, 2.75) is 17.9 Å². The Bertz CT molecular complexity index is 1480. The lowest BCUT2D eigenvalue weighted by Gasteiger charge is -2.26. The Labute approximate surface area is 194 Å². The highest BCUT2D eigenvalue weighted by Crippen LogP contribution is 2.18. The van der Waals surface area contributed by atoms with Crippen molar-refractivity contribution in [3.05, 3.63) is 74.9 Å². The average molecular weight is 487 g/mol. The molecule has 178 valence electrons. The lowest BCUT2D eigenvalue weighted by molar-refractivity contribution is -0.122. The molecule has 4 rings (SSSR count). The Morgan fingerprint density at radius 2 is 1.85 bits per heavy atom. The van der Waals surface area contributed by atoms with E-state index in [-0.39, 0.29) is 49.7 Å². The Morgan fingerprint density at radius 1 is 1.06 bits per heavy atom. The largest absolute Gasteiger partial charge is 0.462 e. The fraction of sp³-hybridized carbons (Fsp3) is 0.273. The van der Waals surface area contributed by atoms with Crippen LogP contribution in [0.15, 0.2) is 63.0 Å². The Hall–Kier alpha value is -3.77. The molecule has 1 aliphatic heterocycles. The second-order valence-electron chi connectivity index (χ2n) is 7.64. The molecule has 11 nitrogen and oxygen atoms in total. The molecule has 3 aromatic rings. The van der Waals surface area contributed by atoms with E-state index < -0.39 is 33.1 Å².